The van der Waals surface area contributed by atoms with E-state index in [1.54, 1.807) is 18.2 Å². The van der Waals surface area contributed by atoms with Crippen molar-refractivity contribution in [2.24, 2.45) is 0 Å². The molecule has 7 heteroatoms. The highest BCUT2D eigenvalue weighted by atomic mass is 79.9. The summed E-state index contributed by atoms with van der Waals surface area (Å²) < 4.78 is 7.58. The summed E-state index contributed by atoms with van der Waals surface area (Å²) >= 11 is 3.37. The number of nitrogens with zero attached hydrogens (tertiary/aromatic N) is 3. The van der Waals surface area contributed by atoms with Gasteiger partial charge in [0.15, 0.2) is 5.76 Å². The van der Waals surface area contributed by atoms with E-state index in [2.05, 4.69) is 26.2 Å². The fourth-order valence-electron chi connectivity index (χ4n) is 1.85. The van der Waals surface area contributed by atoms with Crippen LogP contribution in [0, 0.1) is 0 Å². The van der Waals surface area contributed by atoms with Crippen LogP contribution in [-0.4, -0.2) is 26.1 Å². The minimum Gasteiger partial charge on any atom is -0.476 e. The first-order chi connectivity index (χ1) is 9.66. The van der Waals surface area contributed by atoms with E-state index in [9.17, 15) is 9.90 Å². The smallest absolute Gasteiger partial charge is 0.358 e. The molecule has 100 valence electrons. The van der Waals surface area contributed by atoms with Crippen LogP contribution >= 0.6 is 15.9 Å². The van der Waals surface area contributed by atoms with Gasteiger partial charge in [-0.3, -0.25) is 0 Å². The molecule has 1 aromatic carbocycles. The Balaban J connectivity index is 2.24. The highest BCUT2D eigenvalue weighted by Crippen LogP contribution is 2.26. The molecular weight excluding hydrogens is 326 g/mol. The maximum atomic E-state index is 11.3. The van der Waals surface area contributed by atoms with Gasteiger partial charge < -0.3 is 9.52 Å². The third-order valence-electron chi connectivity index (χ3n) is 2.68. The van der Waals surface area contributed by atoms with E-state index in [4.69, 9.17) is 4.42 Å². The Labute approximate surface area is 121 Å². The molecule has 6 nitrogen and oxygen atoms in total. The van der Waals surface area contributed by atoms with Crippen LogP contribution in [0.25, 0.3) is 17.1 Å². The molecule has 0 bridgehead atoms. The van der Waals surface area contributed by atoms with Crippen molar-refractivity contribution < 1.29 is 14.3 Å². The average Bonchev–Trinajstić information content (AvgIpc) is 3.07. The average molecular weight is 334 g/mol. The predicted octanol–water partition coefficient (Wildman–Crippen LogP) is 2.99. The van der Waals surface area contributed by atoms with E-state index >= 15 is 0 Å². The normalized spacial score (nSPS) is 10.7. The quantitative estimate of drug-likeness (QED) is 0.796. The zero-order valence-electron chi connectivity index (χ0n) is 10.0. The predicted molar refractivity (Wildman–Crippen MR) is 73.7 cm³/mol. The van der Waals surface area contributed by atoms with Gasteiger partial charge in [0.05, 0.1) is 12.0 Å². The van der Waals surface area contributed by atoms with Gasteiger partial charge in [0, 0.05) is 4.47 Å². The van der Waals surface area contributed by atoms with Crippen molar-refractivity contribution in [1.82, 2.24) is 15.0 Å². The zero-order chi connectivity index (χ0) is 14.1. The van der Waals surface area contributed by atoms with Gasteiger partial charge in [-0.05, 0) is 30.3 Å². The molecule has 2 aromatic heterocycles. The molecule has 0 amide bonds. The number of benzene rings is 1. The molecule has 0 saturated heterocycles. The molecule has 0 aliphatic carbocycles. The Morgan fingerprint density at radius 3 is 2.80 bits per heavy atom. The third kappa shape index (κ3) is 2.12. The van der Waals surface area contributed by atoms with Crippen molar-refractivity contribution in [3.8, 4) is 17.1 Å². The van der Waals surface area contributed by atoms with Crippen molar-refractivity contribution in [3.63, 3.8) is 0 Å². The van der Waals surface area contributed by atoms with Gasteiger partial charge in [0.25, 0.3) is 0 Å². The largest absolute Gasteiger partial charge is 0.476 e. The molecule has 0 fully saturated rings. The van der Waals surface area contributed by atoms with Crippen molar-refractivity contribution >= 4 is 21.9 Å². The fourth-order valence-corrected chi connectivity index (χ4v) is 2.24. The first-order valence-electron chi connectivity index (χ1n) is 5.65. The lowest BCUT2D eigenvalue weighted by atomic mass is 10.2. The summed E-state index contributed by atoms with van der Waals surface area (Å²) in [5.41, 5.74) is 0.839. The van der Waals surface area contributed by atoms with Crippen molar-refractivity contribution in [1.29, 1.82) is 0 Å². The van der Waals surface area contributed by atoms with Gasteiger partial charge in [-0.1, -0.05) is 27.2 Å². The van der Waals surface area contributed by atoms with Crippen LogP contribution in [0.15, 0.2) is 51.6 Å². The van der Waals surface area contributed by atoms with Gasteiger partial charge in [0.2, 0.25) is 5.69 Å². The second-order valence-corrected chi connectivity index (χ2v) is 4.88. The lowest BCUT2D eigenvalue weighted by Crippen LogP contribution is -2.02. The molecule has 3 aromatic rings. The lowest BCUT2D eigenvalue weighted by molar-refractivity contribution is 0.0691. The number of aromatic nitrogens is 3. The first kappa shape index (κ1) is 12.6. The highest BCUT2D eigenvalue weighted by Gasteiger charge is 2.23. The van der Waals surface area contributed by atoms with Crippen molar-refractivity contribution in [2.75, 3.05) is 0 Å². The summed E-state index contributed by atoms with van der Waals surface area (Å²) in [5, 5.41) is 16.8. The van der Waals surface area contributed by atoms with Gasteiger partial charge >= 0.3 is 5.97 Å². The van der Waals surface area contributed by atoms with Crippen LogP contribution in [-0.2, 0) is 0 Å². The first-order valence-corrected chi connectivity index (χ1v) is 6.45. The van der Waals surface area contributed by atoms with Crippen LogP contribution in [0.3, 0.4) is 0 Å². The number of halogens is 1. The maximum absolute atomic E-state index is 11.3. The van der Waals surface area contributed by atoms with E-state index in [0.29, 0.717) is 17.1 Å². The molecular formula is C13H8BrN3O3. The number of carboxylic acids is 1. The number of furan rings is 1. The molecule has 0 radical (unpaired) electrons. The number of hydrogen-bond acceptors (Lipinski definition) is 4. The summed E-state index contributed by atoms with van der Waals surface area (Å²) in [6.07, 6.45) is 1.47. The maximum Gasteiger partial charge on any atom is 0.358 e. The molecule has 0 saturated carbocycles. The molecule has 0 spiro atoms. The molecule has 3 rings (SSSR count). The number of aromatic carboxylic acids is 1. The Hall–Kier alpha value is -2.41. The Bertz CT molecular complexity index is 765. The van der Waals surface area contributed by atoms with Gasteiger partial charge in [-0.15, -0.1) is 5.10 Å². The topological polar surface area (TPSA) is 81.1 Å². The fraction of sp³-hybridized carbons (Fsp3) is 0. The second kappa shape index (κ2) is 4.93. The zero-order valence-corrected chi connectivity index (χ0v) is 11.6. The van der Waals surface area contributed by atoms with Crippen LogP contribution in [0.5, 0.6) is 0 Å². The van der Waals surface area contributed by atoms with Gasteiger partial charge in [0.1, 0.15) is 5.69 Å². The molecule has 0 unspecified atom stereocenters. The van der Waals surface area contributed by atoms with Crippen LogP contribution in [0.2, 0.25) is 0 Å². The summed E-state index contributed by atoms with van der Waals surface area (Å²) in [5.74, 6) is -0.759. The summed E-state index contributed by atoms with van der Waals surface area (Å²) in [6.45, 7) is 0. The summed E-state index contributed by atoms with van der Waals surface area (Å²) in [7, 11) is 0. The van der Waals surface area contributed by atoms with E-state index in [-0.39, 0.29) is 5.69 Å². The van der Waals surface area contributed by atoms with Gasteiger partial charge in [-0.25, -0.2) is 9.48 Å². The number of carbonyl (C=O) groups is 1. The van der Waals surface area contributed by atoms with Crippen LogP contribution in [0.1, 0.15) is 10.5 Å². The Morgan fingerprint density at radius 2 is 2.15 bits per heavy atom. The molecule has 0 aliphatic heterocycles. The number of carboxylic acid groups (broad SMARTS) is 1. The molecule has 0 aliphatic rings. The number of hydrogen-bond donors (Lipinski definition) is 1. The van der Waals surface area contributed by atoms with Crippen molar-refractivity contribution in [2.45, 2.75) is 0 Å². The Morgan fingerprint density at radius 1 is 1.30 bits per heavy atom. The van der Waals surface area contributed by atoms with Crippen LogP contribution < -0.4 is 0 Å². The standard InChI is InChI=1S/C13H8BrN3O3/c14-8-3-1-4-9(7-8)17-12(10-5-2-6-20-10)11(13(18)19)15-16-17/h1-7H,(H,18,19). The molecule has 2 heterocycles. The highest BCUT2D eigenvalue weighted by molar-refractivity contribution is 9.10. The SMILES string of the molecule is O=C(O)c1nnn(-c2cccc(Br)c2)c1-c1ccco1. The van der Waals surface area contributed by atoms with E-state index < -0.39 is 5.97 Å². The molecule has 0 atom stereocenters. The van der Waals surface area contributed by atoms with E-state index in [1.807, 2.05) is 18.2 Å². The van der Waals surface area contributed by atoms with E-state index in [1.165, 1.54) is 10.9 Å². The minimum absolute atomic E-state index is 0.153. The summed E-state index contributed by atoms with van der Waals surface area (Å²) in [4.78, 5) is 11.3. The molecule has 1 N–H and O–H groups in total. The van der Waals surface area contributed by atoms with Gasteiger partial charge in [-0.2, -0.15) is 0 Å². The summed E-state index contributed by atoms with van der Waals surface area (Å²) in [6, 6.07) is 10.7. The second-order valence-electron chi connectivity index (χ2n) is 3.96. The third-order valence-corrected chi connectivity index (χ3v) is 3.17. The minimum atomic E-state index is -1.15. The molecule has 20 heavy (non-hydrogen) atoms. The van der Waals surface area contributed by atoms with Crippen LogP contribution in [0.4, 0.5) is 0 Å². The monoisotopic (exact) mass is 333 g/mol. The lowest BCUT2D eigenvalue weighted by Gasteiger charge is -2.05. The number of rotatable bonds is 3. The van der Waals surface area contributed by atoms with E-state index in [0.717, 1.165) is 4.47 Å². The Kier molecular flexibility index (Phi) is 3.11. The van der Waals surface area contributed by atoms with Crippen molar-refractivity contribution in [3.05, 3.63) is 52.8 Å².